The van der Waals surface area contributed by atoms with Crippen LogP contribution in [0.2, 0.25) is 0 Å². The van der Waals surface area contributed by atoms with Gasteiger partial charge < -0.3 is 20.0 Å². The smallest absolute Gasteiger partial charge is 0.299 e. The van der Waals surface area contributed by atoms with Gasteiger partial charge in [-0.05, 0) is 25.0 Å². The monoisotopic (exact) mass is 392 g/mol. The lowest BCUT2D eigenvalue weighted by Gasteiger charge is -2.27. The molecule has 0 radical (unpaired) electrons. The first-order chi connectivity index (χ1) is 14.0. The molecule has 0 spiro atoms. The van der Waals surface area contributed by atoms with E-state index in [1.165, 1.54) is 11.1 Å². The van der Waals surface area contributed by atoms with Crippen molar-refractivity contribution in [1.29, 1.82) is 0 Å². The zero-order valence-electron chi connectivity index (χ0n) is 16.2. The number of nitrogens with one attached hydrogen (secondary N) is 1. The van der Waals surface area contributed by atoms with Crippen LogP contribution < -0.4 is 20.0 Å². The van der Waals surface area contributed by atoms with Crippen molar-refractivity contribution in [3.8, 4) is 0 Å². The van der Waals surface area contributed by atoms with Gasteiger partial charge in [0.1, 0.15) is 11.4 Å². The summed E-state index contributed by atoms with van der Waals surface area (Å²) in [5, 5.41) is 2.92. The van der Waals surface area contributed by atoms with Crippen molar-refractivity contribution >= 4 is 40.7 Å². The van der Waals surface area contributed by atoms with Crippen LogP contribution in [0.3, 0.4) is 0 Å². The summed E-state index contributed by atoms with van der Waals surface area (Å²) in [5.74, 6) is -0.356. The van der Waals surface area contributed by atoms with Gasteiger partial charge in [-0.1, -0.05) is 6.07 Å². The van der Waals surface area contributed by atoms with Crippen LogP contribution in [0.15, 0.2) is 24.4 Å². The molecule has 3 aliphatic heterocycles. The number of rotatable bonds is 2. The first-order valence-corrected chi connectivity index (χ1v) is 9.60. The van der Waals surface area contributed by atoms with Crippen LogP contribution in [0.4, 0.5) is 23.1 Å². The number of aromatic nitrogens is 2. The second-order valence-corrected chi connectivity index (χ2v) is 7.45. The normalized spacial score (nSPS) is 20.6. The van der Waals surface area contributed by atoms with E-state index in [0.29, 0.717) is 35.2 Å². The highest BCUT2D eigenvalue weighted by Crippen LogP contribution is 2.39. The van der Waals surface area contributed by atoms with E-state index in [2.05, 4.69) is 20.2 Å². The molecule has 4 heterocycles. The van der Waals surface area contributed by atoms with Crippen LogP contribution >= 0.6 is 0 Å². The summed E-state index contributed by atoms with van der Waals surface area (Å²) in [6, 6.07) is 5.31. The van der Waals surface area contributed by atoms with Gasteiger partial charge in [0.05, 0.1) is 16.9 Å². The van der Waals surface area contributed by atoms with Crippen molar-refractivity contribution in [3.05, 3.63) is 35.5 Å². The number of carbonyl (C=O) groups excluding carboxylic acids is 3. The molecule has 0 saturated carbocycles. The quantitative estimate of drug-likeness (QED) is 0.769. The number of hydrogen-bond acceptors (Lipinski definition) is 7. The molecule has 2 amide bonds. The minimum absolute atomic E-state index is 0.0839. The summed E-state index contributed by atoms with van der Waals surface area (Å²) in [7, 11) is 3.31. The molecule has 1 unspecified atom stereocenters. The molecular weight excluding hydrogens is 372 g/mol. The molecule has 0 aliphatic carbocycles. The molecule has 1 saturated heterocycles. The van der Waals surface area contributed by atoms with Crippen LogP contribution in [0.5, 0.6) is 0 Å². The lowest BCUT2D eigenvalue weighted by molar-refractivity contribution is -0.114. The third kappa shape index (κ3) is 2.43. The summed E-state index contributed by atoms with van der Waals surface area (Å²) in [5.41, 5.74) is 1.68. The minimum atomic E-state index is -0.584. The number of hydrogen-bond donors (Lipinski definition) is 1. The number of nitrogens with zero attached hydrogens (tertiary/aromatic N) is 5. The number of ketones is 1. The van der Waals surface area contributed by atoms with Gasteiger partial charge in [-0.2, -0.15) is 4.98 Å². The van der Waals surface area contributed by atoms with E-state index in [1.54, 1.807) is 37.2 Å². The Morgan fingerprint density at radius 1 is 1.14 bits per heavy atom. The predicted molar refractivity (Wildman–Crippen MR) is 108 cm³/mol. The summed E-state index contributed by atoms with van der Waals surface area (Å²) < 4.78 is 0. The molecule has 5 rings (SSSR count). The summed E-state index contributed by atoms with van der Waals surface area (Å²) in [6.45, 7) is 1.23. The maximum absolute atomic E-state index is 13.5. The highest BCUT2D eigenvalue weighted by molar-refractivity contribution is 6.53. The SMILES string of the molecule is CNc1ncc2c(n1)N1CCCC1CN(c1cccc3c1C(=O)C(=O)N3C)C2=O. The van der Waals surface area contributed by atoms with E-state index in [0.717, 1.165) is 19.4 Å². The average molecular weight is 392 g/mol. The molecule has 1 fully saturated rings. The number of anilines is 4. The van der Waals surface area contributed by atoms with E-state index in [1.807, 2.05) is 0 Å². The maximum Gasteiger partial charge on any atom is 0.299 e. The van der Waals surface area contributed by atoms with Crippen molar-refractivity contribution in [1.82, 2.24) is 9.97 Å². The zero-order chi connectivity index (χ0) is 20.3. The summed E-state index contributed by atoms with van der Waals surface area (Å²) >= 11 is 0. The van der Waals surface area contributed by atoms with Gasteiger partial charge in [-0.3, -0.25) is 14.4 Å². The summed E-state index contributed by atoms with van der Waals surface area (Å²) in [4.78, 5) is 52.3. The Bertz CT molecular complexity index is 1070. The Kier molecular flexibility index (Phi) is 3.80. The van der Waals surface area contributed by atoms with E-state index >= 15 is 0 Å². The van der Waals surface area contributed by atoms with E-state index in [9.17, 15) is 14.4 Å². The fourth-order valence-corrected chi connectivity index (χ4v) is 4.45. The molecule has 3 aliphatic rings. The lowest BCUT2D eigenvalue weighted by atomic mass is 10.1. The van der Waals surface area contributed by atoms with Crippen LogP contribution in [0.25, 0.3) is 0 Å². The highest BCUT2D eigenvalue weighted by Gasteiger charge is 2.41. The fourth-order valence-electron chi connectivity index (χ4n) is 4.45. The average Bonchev–Trinajstić information content (AvgIpc) is 3.27. The lowest BCUT2D eigenvalue weighted by Crippen LogP contribution is -2.40. The largest absolute Gasteiger partial charge is 0.357 e. The van der Waals surface area contributed by atoms with Crippen LogP contribution in [-0.2, 0) is 4.79 Å². The molecule has 1 aromatic heterocycles. The first kappa shape index (κ1) is 17.6. The van der Waals surface area contributed by atoms with Crippen LogP contribution in [0.1, 0.15) is 33.6 Å². The second-order valence-electron chi connectivity index (χ2n) is 7.45. The topological polar surface area (TPSA) is 98.7 Å². The van der Waals surface area contributed by atoms with Gasteiger partial charge in [-0.15, -0.1) is 0 Å². The zero-order valence-corrected chi connectivity index (χ0v) is 16.2. The molecule has 148 valence electrons. The van der Waals surface area contributed by atoms with Crippen molar-refractivity contribution in [2.75, 3.05) is 47.2 Å². The molecule has 2 aromatic rings. The van der Waals surface area contributed by atoms with Gasteiger partial charge in [-0.25, -0.2) is 4.98 Å². The summed E-state index contributed by atoms with van der Waals surface area (Å²) in [6.07, 6.45) is 3.45. The number of likely N-dealkylation sites (N-methyl/N-ethyl adjacent to an activating group) is 1. The fraction of sp³-hybridized carbons (Fsp3) is 0.350. The Morgan fingerprint density at radius 3 is 2.72 bits per heavy atom. The van der Waals surface area contributed by atoms with Gasteiger partial charge in [0.2, 0.25) is 5.95 Å². The van der Waals surface area contributed by atoms with Crippen molar-refractivity contribution in [3.63, 3.8) is 0 Å². The molecule has 1 atom stereocenters. The third-order valence-electron chi connectivity index (χ3n) is 5.91. The predicted octanol–water partition coefficient (Wildman–Crippen LogP) is 1.31. The molecular formula is C20H20N6O3. The van der Waals surface area contributed by atoms with Crippen LogP contribution in [-0.4, -0.2) is 60.8 Å². The second kappa shape index (κ2) is 6.26. The van der Waals surface area contributed by atoms with Gasteiger partial charge in [0, 0.05) is 39.4 Å². The van der Waals surface area contributed by atoms with Crippen LogP contribution in [0, 0.1) is 0 Å². The number of benzene rings is 1. The molecule has 1 aromatic carbocycles. The Hall–Kier alpha value is -3.49. The number of Topliss-reactive ketones (excluding diaryl/α,β-unsaturated/α-hetero) is 1. The maximum atomic E-state index is 13.5. The molecule has 29 heavy (non-hydrogen) atoms. The molecule has 1 N–H and O–H groups in total. The number of fused-ring (bicyclic) bond motifs is 4. The number of carbonyl (C=O) groups is 3. The minimum Gasteiger partial charge on any atom is -0.357 e. The Morgan fingerprint density at radius 2 is 1.93 bits per heavy atom. The molecule has 0 bridgehead atoms. The first-order valence-electron chi connectivity index (χ1n) is 9.60. The van der Waals surface area contributed by atoms with Gasteiger partial charge in [0.25, 0.3) is 17.6 Å². The van der Waals surface area contributed by atoms with Crippen molar-refractivity contribution < 1.29 is 14.4 Å². The Labute approximate surface area is 167 Å². The highest BCUT2D eigenvalue weighted by atomic mass is 16.2. The third-order valence-corrected chi connectivity index (χ3v) is 5.91. The van der Waals surface area contributed by atoms with Crippen molar-refractivity contribution in [2.24, 2.45) is 0 Å². The standard InChI is InChI=1S/C20H20N6O3/c1-21-20-22-9-12-17(23-20)25-8-4-5-11(25)10-26(18(12)28)14-7-3-6-13-15(14)16(27)19(29)24(13)2/h3,6-7,9,11H,4-5,8,10H2,1-2H3,(H,21,22,23). The molecule has 9 heteroatoms. The van der Waals surface area contributed by atoms with E-state index in [4.69, 9.17) is 0 Å². The van der Waals surface area contributed by atoms with Gasteiger partial charge >= 0.3 is 0 Å². The van der Waals surface area contributed by atoms with E-state index < -0.39 is 11.7 Å². The number of amides is 2. The van der Waals surface area contributed by atoms with E-state index in [-0.39, 0.29) is 17.5 Å². The van der Waals surface area contributed by atoms with Gasteiger partial charge in [0.15, 0.2) is 0 Å². The van der Waals surface area contributed by atoms with Crippen molar-refractivity contribution in [2.45, 2.75) is 18.9 Å². The molecule has 9 nitrogen and oxygen atoms in total. The Balaban J connectivity index is 1.67.